The van der Waals surface area contributed by atoms with Gasteiger partial charge in [-0.1, -0.05) is 11.8 Å². The molecule has 2 rings (SSSR count). The van der Waals surface area contributed by atoms with Gasteiger partial charge in [-0.15, -0.1) is 11.3 Å². The Kier molecular flexibility index (Phi) is 4.25. The van der Waals surface area contributed by atoms with Crippen LogP contribution in [0.5, 0.6) is 0 Å². The van der Waals surface area contributed by atoms with Gasteiger partial charge in [0, 0.05) is 12.2 Å². The largest absolute Gasteiger partial charge is 0.376 e. The summed E-state index contributed by atoms with van der Waals surface area (Å²) in [6, 6.07) is 1.85. The molecular weight excluding hydrogens is 260 g/mol. The number of carbonyl (C=O) groups excluding carboxylic acids is 1. The van der Waals surface area contributed by atoms with Crippen molar-refractivity contribution in [3.63, 3.8) is 0 Å². The number of amides is 1. The zero-order valence-corrected chi connectivity index (χ0v) is 12.0. The van der Waals surface area contributed by atoms with Crippen molar-refractivity contribution in [2.75, 3.05) is 13.2 Å². The van der Waals surface area contributed by atoms with Crippen LogP contribution in [0.25, 0.3) is 0 Å². The number of carbonyl (C=O) groups is 1. The van der Waals surface area contributed by atoms with Gasteiger partial charge in [-0.25, -0.2) is 0 Å². The molecule has 19 heavy (non-hydrogen) atoms. The number of ether oxygens (including phenoxy) is 1. The Hall–Kier alpha value is -1.35. The van der Waals surface area contributed by atoms with Gasteiger partial charge < -0.3 is 15.8 Å². The predicted octanol–water partition coefficient (Wildman–Crippen LogP) is 1.36. The molecule has 0 spiro atoms. The van der Waals surface area contributed by atoms with E-state index in [4.69, 9.17) is 10.5 Å². The minimum absolute atomic E-state index is 0.0231. The Morgan fingerprint density at radius 1 is 1.74 bits per heavy atom. The molecule has 102 valence electrons. The van der Waals surface area contributed by atoms with E-state index in [-0.39, 0.29) is 17.6 Å². The standard InChI is InChI=1S/C14H18N2O2S/c1-10-14(2,6-8-18-10)16-13(17)12-11(4-3-7-15)5-9-19-12/h5,9-10H,6-8,15H2,1-2H3,(H,16,17). The van der Waals surface area contributed by atoms with Gasteiger partial charge in [0.15, 0.2) is 0 Å². The molecule has 0 saturated carbocycles. The molecule has 1 aliphatic rings. The van der Waals surface area contributed by atoms with Crippen molar-refractivity contribution < 1.29 is 9.53 Å². The first kappa shape index (κ1) is 14.1. The van der Waals surface area contributed by atoms with E-state index >= 15 is 0 Å². The molecule has 0 radical (unpaired) electrons. The zero-order chi connectivity index (χ0) is 13.9. The molecule has 2 heterocycles. The molecule has 1 saturated heterocycles. The van der Waals surface area contributed by atoms with E-state index in [0.29, 0.717) is 18.0 Å². The molecule has 1 aromatic heterocycles. The lowest BCUT2D eigenvalue weighted by atomic mass is 9.94. The summed E-state index contributed by atoms with van der Waals surface area (Å²) < 4.78 is 5.53. The van der Waals surface area contributed by atoms with Crippen LogP contribution >= 0.6 is 11.3 Å². The highest BCUT2D eigenvalue weighted by Crippen LogP contribution is 2.26. The number of nitrogens with two attached hydrogens (primary N) is 1. The van der Waals surface area contributed by atoms with Crippen LogP contribution in [-0.2, 0) is 4.74 Å². The van der Waals surface area contributed by atoms with Crippen molar-refractivity contribution in [3.05, 3.63) is 21.9 Å². The minimum Gasteiger partial charge on any atom is -0.376 e. The van der Waals surface area contributed by atoms with Crippen molar-refractivity contribution in [1.82, 2.24) is 5.32 Å². The van der Waals surface area contributed by atoms with Gasteiger partial charge in [-0.3, -0.25) is 4.79 Å². The van der Waals surface area contributed by atoms with Gasteiger partial charge in [0.2, 0.25) is 0 Å². The zero-order valence-electron chi connectivity index (χ0n) is 11.2. The van der Waals surface area contributed by atoms with E-state index in [2.05, 4.69) is 17.2 Å². The van der Waals surface area contributed by atoms with E-state index < -0.39 is 0 Å². The number of nitrogens with one attached hydrogen (secondary N) is 1. The lowest BCUT2D eigenvalue weighted by Crippen LogP contribution is -2.50. The summed E-state index contributed by atoms with van der Waals surface area (Å²) in [4.78, 5) is 13.0. The van der Waals surface area contributed by atoms with E-state index in [1.54, 1.807) is 0 Å². The molecule has 1 aromatic rings. The summed E-state index contributed by atoms with van der Waals surface area (Å²) in [5.41, 5.74) is 5.79. The average molecular weight is 278 g/mol. The molecule has 0 aromatic carbocycles. The van der Waals surface area contributed by atoms with Gasteiger partial charge in [0.25, 0.3) is 5.91 Å². The number of thiophene rings is 1. The Bertz CT molecular complexity index is 529. The molecule has 1 fully saturated rings. The van der Waals surface area contributed by atoms with Crippen LogP contribution in [0.2, 0.25) is 0 Å². The van der Waals surface area contributed by atoms with Gasteiger partial charge in [-0.2, -0.15) is 0 Å². The predicted molar refractivity (Wildman–Crippen MR) is 76.2 cm³/mol. The molecule has 2 unspecified atom stereocenters. The summed E-state index contributed by atoms with van der Waals surface area (Å²) in [6.07, 6.45) is 0.852. The fraction of sp³-hybridized carbons (Fsp3) is 0.500. The summed E-state index contributed by atoms with van der Waals surface area (Å²) in [6.45, 7) is 4.97. The third kappa shape index (κ3) is 2.98. The second-order valence-corrected chi connectivity index (χ2v) is 5.72. The molecule has 4 nitrogen and oxygen atoms in total. The molecule has 2 atom stereocenters. The maximum absolute atomic E-state index is 12.3. The van der Waals surface area contributed by atoms with Gasteiger partial charge >= 0.3 is 0 Å². The molecule has 1 aliphatic heterocycles. The Balaban J connectivity index is 2.14. The van der Waals surface area contributed by atoms with Gasteiger partial charge in [0.05, 0.1) is 18.2 Å². The van der Waals surface area contributed by atoms with Crippen molar-refractivity contribution in [2.45, 2.75) is 31.9 Å². The topological polar surface area (TPSA) is 64.3 Å². The van der Waals surface area contributed by atoms with E-state index in [9.17, 15) is 4.79 Å². The lowest BCUT2D eigenvalue weighted by Gasteiger charge is -2.28. The number of hydrogen-bond donors (Lipinski definition) is 2. The molecule has 1 amide bonds. The first-order valence-corrected chi connectivity index (χ1v) is 7.15. The first-order valence-electron chi connectivity index (χ1n) is 6.27. The highest BCUT2D eigenvalue weighted by molar-refractivity contribution is 7.12. The molecule has 5 heteroatoms. The minimum atomic E-state index is -0.306. The molecule has 0 bridgehead atoms. The van der Waals surface area contributed by atoms with Crippen LogP contribution in [0, 0.1) is 11.8 Å². The van der Waals surface area contributed by atoms with Crippen LogP contribution in [0.4, 0.5) is 0 Å². The maximum Gasteiger partial charge on any atom is 0.263 e. The molecule has 3 N–H and O–H groups in total. The Morgan fingerprint density at radius 2 is 2.53 bits per heavy atom. The van der Waals surface area contributed by atoms with E-state index in [1.165, 1.54) is 11.3 Å². The lowest BCUT2D eigenvalue weighted by molar-refractivity contribution is 0.0730. The fourth-order valence-electron chi connectivity index (χ4n) is 2.04. The van der Waals surface area contributed by atoms with Gasteiger partial charge in [0.1, 0.15) is 4.88 Å². The maximum atomic E-state index is 12.3. The van der Waals surface area contributed by atoms with Crippen LogP contribution in [-0.4, -0.2) is 30.7 Å². The summed E-state index contributed by atoms with van der Waals surface area (Å²) in [7, 11) is 0. The van der Waals surface area contributed by atoms with Crippen molar-refractivity contribution in [2.24, 2.45) is 5.73 Å². The second kappa shape index (κ2) is 5.74. The fourth-order valence-corrected chi connectivity index (χ4v) is 2.79. The van der Waals surface area contributed by atoms with Crippen LogP contribution in [0.1, 0.15) is 35.5 Å². The van der Waals surface area contributed by atoms with E-state index in [0.717, 1.165) is 12.0 Å². The Morgan fingerprint density at radius 3 is 3.16 bits per heavy atom. The third-order valence-electron chi connectivity index (χ3n) is 3.48. The van der Waals surface area contributed by atoms with Crippen LogP contribution < -0.4 is 11.1 Å². The van der Waals surface area contributed by atoms with Crippen molar-refractivity contribution >= 4 is 17.2 Å². The highest BCUT2D eigenvalue weighted by Gasteiger charge is 2.38. The van der Waals surface area contributed by atoms with Crippen LogP contribution in [0.15, 0.2) is 11.4 Å². The monoisotopic (exact) mass is 278 g/mol. The highest BCUT2D eigenvalue weighted by atomic mass is 32.1. The second-order valence-electron chi connectivity index (χ2n) is 4.80. The average Bonchev–Trinajstić information content (AvgIpc) is 2.95. The molecule has 0 aliphatic carbocycles. The van der Waals surface area contributed by atoms with Crippen LogP contribution in [0.3, 0.4) is 0 Å². The van der Waals surface area contributed by atoms with Gasteiger partial charge in [-0.05, 0) is 31.7 Å². The summed E-state index contributed by atoms with van der Waals surface area (Å²) in [5, 5.41) is 4.94. The normalized spacial score (nSPS) is 25.7. The molecular formula is C14H18N2O2S. The number of hydrogen-bond acceptors (Lipinski definition) is 4. The number of rotatable bonds is 2. The van der Waals surface area contributed by atoms with Crippen molar-refractivity contribution in [1.29, 1.82) is 0 Å². The quantitative estimate of drug-likeness (QED) is 0.803. The third-order valence-corrected chi connectivity index (χ3v) is 4.40. The van der Waals surface area contributed by atoms with Crippen molar-refractivity contribution in [3.8, 4) is 11.8 Å². The smallest absolute Gasteiger partial charge is 0.263 e. The van der Waals surface area contributed by atoms with E-state index in [1.807, 2.05) is 25.3 Å². The SMILES string of the molecule is CC1OCCC1(C)NC(=O)c1sccc1C#CCN. The Labute approximate surface area is 117 Å². The summed E-state index contributed by atoms with van der Waals surface area (Å²) >= 11 is 1.40. The summed E-state index contributed by atoms with van der Waals surface area (Å²) in [5.74, 6) is 5.62. The first-order chi connectivity index (χ1) is 9.07.